The number of aromatic nitrogens is 1. The molecule has 0 radical (unpaired) electrons. The van der Waals surface area contributed by atoms with Crippen LogP contribution in [0.2, 0.25) is 0 Å². The van der Waals surface area contributed by atoms with Crippen molar-refractivity contribution in [1.29, 1.82) is 0 Å². The van der Waals surface area contributed by atoms with Gasteiger partial charge in [0.1, 0.15) is 0 Å². The lowest BCUT2D eigenvalue weighted by molar-refractivity contribution is -0.139. The summed E-state index contributed by atoms with van der Waals surface area (Å²) in [5.41, 5.74) is 3.84. The predicted molar refractivity (Wildman–Crippen MR) is 51.5 cm³/mol. The number of halogens is 3. The fourth-order valence-corrected chi connectivity index (χ4v) is 1.46. The topological polar surface area (TPSA) is 56.0 Å². The quantitative estimate of drug-likeness (QED) is 0.867. The van der Waals surface area contributed by atoms with Crippen LogP contribution in [0.3, 0.4) is 0 Å². The Morgan fingerprint density at radius 2 is 2.19 bits per heavy atom. The zero-order chi connectivity index (χ0) is 12.3. The first-order valence-electron chi connectivity index (χ1n) is 4.69. The molecule has 0 bridgehead atoms. The molecule has 2 N–H and O–H groups in total. The first-order chi connectivity index (χ1) is 7.38. The number of primary amides is 1. The van der Waals surface area contributed by atoms with Gasteiger partial charge in [-0.15, -0.1) is 0 Å². The minimum absolute atomic E-state index is 0.190. The minimum Gasteiger partial charge on any atom is -0.369 e. The van der Waals surface area contributed by atoms with Crippen LogP contribution >= 0.6 is 0 Å². The fourth-order valence-electron chi connectivity index (χ4n) is 1.46. The van der Waals surface area contributed by atoms with Gasteiger partial charge in [-0.1, -0.05) is 6.92 Å². The molecule has 1 amide bonds. The third kappa shape index (κ3) is 2.50. The molecule has 1 rings (SSSR count). The van der Waals surface area contributed by atoms with Crippen molar-refractivity contribution in [1.82, 2.24) is 4.98 Å². The third-order valence-electron chi connectivity index (χ3n) is 2.23. The van der Waals surface area contributed by atoms with E-state index in [1.165, 1.54) is 12.3 Å². The lowest BCUT2D eigenvalue weighted by atomic mass is 9.96. The molecule has 0 aliphatic carbocycles. The Balaban J connectivity index is 3.27. The summed E-state index contributed by atoms with van der Waals surface area (Å²) >= 11 is 0. The molecule has 0 aromatic carbocycles. The Bertz CT molecular complexity index is 390. The molecule has 0 saturated heterocycles. The van der Waals surface area contributed by atoms with Crippen LogP contribution in [0.4, 0.5) is 13.2 Å². The molecule has 1 atom stereocenters. The Kier molecular flexibility index (Phi) is 3.51. The highest BCUT2D eigenvalue weighted by Gasteiger charge is 2.36. The van der Waals surface area contributed by atoms with E-state index in [-0.39, 0.29) is 12.1 Å². The van der Waals surface area contributed by atoms with Crippen LogP contribution in [-0.4, -0.2) is 10.9 Å². The lowest BCUT2D eigenvalue weighted by Crippen LogP contribution is -2.24. The minimum atomic E-state index is -4.52. The van der Waals surface area contributed by atoms with Gasteiger partial charge in [-0.05, 0) is 18.6 Å². The van der Waals surface area contributed by atoms with E-state index in [1.807, 2.05) is 0 Å². The van der Waals surface area contributed by atoms with Gasteiger partial charge in [0.2, 0.25) is 5.91 Å². The zero-order valence-electron chi connectivity index (χ0n) is 8.58. The van der Waals surface area contributed by atoms with Crippen molar-refractivity contribution in [2.75, 3.05) is 0 Å². The Hall–Kier alpha value is -1.59. The molecule has 1 aromatic rings. The van der Waals surface area contributed by atoms with Gasteiger partial charge in [-0.25, -0.2) is 0 Å². The van der Waals surface area contributed by atoms with E-state index < -0.39 is 23.6 Å². The average molecular weight is 232 g/mol. The van der Waals surface area contributed by atoms with Crippen molar-refractivity contribution >= 4 is 5.91 Å². The highest BCUT2D eigenvalue weighted by molar-refractivity contribution is 5.81. The fraction of sp³-hybridized carbons (Fsp3) is 0.400. The standard InChI is InChI=1S/C10H11F3N2O/c1-2-6(9(14)16)8-7(10(11,12)13)4-3-5-15-8/h3-6H,2H2,1H3,(H2,14,16). The number of hydrogen-bond donors (Lipinski definition) is 1. The lowest BCUT2D eigenvalue weighted by Gasteiger charge is -2.16. The molecular formula is C10H11F3N2O. The van der Waals surface area contributed by atoms with Crippen LogP contribution in [0.25, 0.3) is 0 Å². The van der Waals surface area contributed by atoms with E-state index >= 15 is 0 Å². The number of carbonyl (C=O) groups excluding carboxylic acids is 1. The van der Waals surface area contributed by atoms with Crippen molar-refractivity contribution < 1.29 is 18.0 Å². The maximum Gasteiger partial charge on any atom is 0.418 e. The molecular weight excluding hydrogens is 221 g/mol. The Labute approximate surface area is 90.5 Å². The number of carbonyl (C=O) groups is 1. The summed E-state index contributed by atoms with van der Waals surface area (Å²) < 4.78 is 37.8. The van der Waals surface area contributed by atoms with E-state index in [4.69, 9.17) is 5.73 Å². The number of nitrogens with zero attached hydrogens (tertiary/aromatic N) is 1. The Morgan fingerprint density at radius 3 is 2.62 bits per heavy atom. The van der Waals surface area contributed by atoms with Crippen LogP contribution in [-0.2, 0) is 11.0 Å². The molecule has 1 aromatic heterocycles. The molecule has 0 aliphatic rings. The number of hydrogen-bond acceptors (Lipinski definition) is 2. The van der Waals surface area contributed by atoms with Crippen LogP contribution in [0.15, 0.2) is 18.3 Å². The van der Waals surface area contributed by atoms with Crippen molar-refractivity contribution in [3.05, 3.63) is 29.6 Å². The highest BCUT2D eigenvalue weighted by atomic mass is 19.4. The second-order valence-corrected chi connectivity index (χ2v) is 3.30. The van der Waals surface area contributed by atoms with Crippen molar-refractivity contribution in [2.24, 2.45) is 5.73 Å². The summed E-state index contributed by atoms with van der Waals surface area (Å²) in [7, 11) is 0. The first-order valence-corrected chi connectivity index (χ1v) is 4.69. The van der Waals surface area contributed by atoms with E-state index in [2.05, 4.69) is 4.98 Å². The first kappa shape index (κ1) is 12.5. The molecule has 3 nitrogen and oxygen atoms in total. The van der Waals surface area contributed by atoms with Crippen molar-refractivity contribution in [3.8, 4) is 0 Å². The summed E-state index contributed by atoms with van der Waals surface area (Å²) in [5.74, 6) is -1.80. The summed E-state index contributed by atoms with van der Waals surface area (Å²) in [4.78, 5) is 14.6. The van der Waals surface area contributed by atoms with E-state index in [0.29, 0.717) is 0 Å². The SMILES string of the molecule is CCC(C(N)=O)c1ncccc1C(F)(F)F. The van der Waals surface area contributed by atoms with E-state index in [1.54, 1.807) is 6.92 Å². The molecule has 16 heavy (non-hydrogen) atoms. The molecule has 1 unspecified atom stereocenters. The van der Waals surface area contributed by atoms with Gasteiger partial charge < -0.3 is 5.73 Å². The van der Waals surface area contributed by atoms with Gasteiger partial charge in [0.25, 0.3) is 0 Å². The molecule has 6 heteroatoms. The van der Waals surface area contributed by atoms with Crippen molar-refractivity contribution in [3.63, 3.8) is 0 Å². The predicted octanol–water partition coefficient (Wildman–Crippen LogP) is 2.08. The monoisotopic (exact) mass is 232 g/mol. The van der Waals surface area contributed by atoms with Gasteiger partial charge in [0.15, 0.2) is 0 Å². The Morgan fingerprint density at radius 1 is 1.56 bits per heavy atom. The van der Waals surface area contributed by atoms with Gasteiger partial charge in [0, 0.05) is 6.20 Å². The van der Waals surface area contributed by atoms with Crippen LogP contribution in [0.1, 0.15) is 30.5 Å². The third-order valence-corrected chi connectivity index (χ3v) is 2.23. The molecule has 0 aliphatic heterocycles. The van der Waals surface area contributed by atoms with Crippen LogP contribution in [0, 0.1) is 0 Å². The summed E-state index contributed by atoms with van der Waals surface area (Å²) in [6.45, 7) is 1.59. The second-order valence-electron chi connectivity index (χ2n) is 3.30. The van der Waals surface area contributed by atoms with Crippen LogP contribution in [0.5, 0.6) is 0 Å². The molecule has 1 heterocycles. The van der Waals surface area contributed by atoms with Crippen LogP contribution < -0.4 is 5.73 Å². The molecule has 88 valence electrons. The average Bonchev–Trinajstić information content (AvgIpc) is 2.17. The van der Waals surface area contributed by atoms with Crippen molar-refractivity contribution in [2.45, 2.75) is 25.4 Å². The maximum atomic E-state index is 12.6. The summed E-state index contributed by atoms with van der Waals surface area (Å²) in [6, 6.07) is 2.08. The maximum absolute atomic E-state index is 12.6. The van der Waals surface area contributed by atoms with Gasteiger partial charge >= 0.3 is 6.18 Å². The highest BCUT2D eigenvalue weighted by Crippen LogP contribution is 2.34. The summed E-state index contributed by atoms with van der Waals surface area (Å²) in [6.07, 6.45) is -3.11. The molecule has 0 spiro atoms. The smallest absolute Gasteiger partial charge is 0.369 e. The largest absolute Gasteiger partial charge is 0.418 e. The van der Waals surface area contributed by atoms with Gasteiger partial charge in [-0.3, -0.25) is 9.78 Å². The normalized spacial score (nSPS) is 13.5. The number of amides is 1. The summed E-state index contributed by atoms with van der Waals surface area (Å²) in [5, 5.41) is 0. The number of rotatable bonds is 3. The number of nitrogens with two attached hydrogens (primary N) is 1. The molecule has 0 fully saturated rings. The van der Waals surface area contributed by atoms with E-state index in [0.717, 1.165) is 6.07 Å². The van der Waals surface area contributed by atoms with Gasteiger partial charge in [0.05, 0.1) is 17.2 Å². The number of alkyl halides is 3. The second kappa shape index (κ2) is 4.51. The van der Waals surface area contributed by atoms with E-state index in [9.17, 15) is 18.0 Å². The number of pyridine rings is 1. The zero-order valence-corrected chi connectivity index (χ0v) is 8.58. The van der Waals surface area contributed by atoms with Gasteiger partial charge in [-0.2, -0.15) is 13.2 Å². The molecule has 0 saturated carbocycles.